The van der Waals surface area contributed by atoms with Gasteiger partial charge in [-0.25, -0.2) is 0 Å². The molecule has 0 spiro atoms. The number of hydrogen-bond acceptors (Lipinski definition) is 2. The Balaban J connectivity index is 2.85. The molecule has 0 fully saturated rings. The molecule has 0 amide bonds. The van der Waals surface area contributed by atoms with Crippen LogP contribution in [0.4, 0.5) is 0 Å². The summed E-state index contributed by atoms with van der Waals surface area (Å²) in [7, 11) is 0. The van der Waals surface area contributed by atoms with Crippen molar-refractivity contribution in [1.29, 1.82) is 0 Å². The second-order valence-corrected chi connectivity index (χ2v) is 6.28. The van der Waals surface area contributed by atoms with Crippen LogP contribution in [0.25, 0.3) is 0 Å². The van der Waals surface area contributed by atoms with Gasteiger partial charge in [-0.1, -0.05) is 26.7 Å². The van der Waals surface area contributed by atoms with Gasteiger partial charge in [-0.15, -0.1) is 11.3 Å². The van der Waals surface area contributed by atoms with Gasteiger partial charge in [-0.2, -0.15) is 0 Å². The minimum absolute atomic E-state index is 0.212. The van der Waals surface area contributed by atoms with Crippen LogP contribution in [0, 0.1) is 12.8 Å². The van der Waals surface area contributed by atoms with Gasteiger partial charge in [0.05, 0.1) is 4.88 Å². The van der Waals surface area contributed by atoms with E-state index < -0.39 is 0 Å². The SMILES string of the molecule is CCCC(CCC)C(=O)c1sc(C)cc1Br. The first-order chi connectivity index (χ1) is 7.60. The van der Waals surface area contributed by atoms with Crippen LogP contribution in [0.15, 0.2) is 10.5 Å². The summed E-state index contributed by atoms with van der Waals surface area (Å²) >= 11 is 5.08. The molecule has 0 aliphatic carbocycles. The third-order valence-electron chi connectivity index (χ3n) is 2.68. The lowest BCUT2D eigenvalue weighted by Crippen LogP contribution is -2.13. The Labute approximate surface area is 110 Å². The Bertz CT molecular complexity index is 351. The molecule has 0 N–H and O–H groups in total. The first-order valence-electron chi connectivity index (χ1n) is 5.90. The van der Waals surface area contributed by atoms with E-state index in [4.69, 9.17) is 0 Å². The van der Waals surface area contributed by atoms with Gasteiger partial charge in [0.15, 0.2) is 5.78 Å². The van der Waals surface area contributed by atoms with E-state index in [-0.39, 0.29) is 5.92 Å². The van der Waals surface area contributed by atoms with Crippen molar-refractivity contribution in [3.63, 3.8) is 0 Å². The number of Topliss-reactive ketones (excluding diaryl/α,β-unsaturated/α-hetero) is 1. The van der Waals surface area contributed by atoms with Crippen molar-refractivity contribution >= 4 is 33.0 Å². The predicted octanol–water partition coefficient (Wildman–Crippen LogP) is 5.22. The summed E-state index contributed by atoms with van der Waals surface area (Å²) in [6.45, 7) is 6.33. The molecule has 0 bridgehead atoms. The van der Waals surface area contributed by atoms with Crippen molar-refractivity contribution in [2.45, 2.75) is 46.5 Å². The van der Waals surface area contributed by atoms with E-state index in [1.54, 1.807) is 11.3 Å². The molecule has 1 aromatic heterocycles. The summed E-state index contributed by atoms with van der Waals surface area (Å²) in [5, 5.41) is 0. The van der Waals surface area contributed by atoms with Gasteiger partial charge in [0.1, 0.15) is 0 Å². The lowest BCUT2D eigenvalue weighted by molar-refractivity contribution is 0.0908. The molecular formula is C13H19BrOS. The molecule has 3 heteroatoms. The third kappa shape index (κ3) is 3.42. The zero-order chi connectivity index (χ0) is 12.1. The van der Waals surface area contributed by atoms with E-state index >= 15 is 0 Å². The molecule has 1 nitrogen and oxygen atoms in total. The molecule has 0 aliphatic rings. The Hall–Kier alpha value is -0.150. The first kappa shape index (κ1) is 13.9. The molecule has 0 radical (unpaired) electrons. The number of thiophene rings is 1. The van der Waals surface area contributed by atoms with Crippen molar-refractivity contribution in [2.75, 3.05) is 0 Å². The topological polar surface area (TPSA) is 17.1 Å². The molecule has 0 aliphatic heterocycles. The van der Waals surface area contributed by atoms with Crippen molar-refractivity contribution < 1.29 is 4.79 Å². The molecular weight excluding hydrogens is 284 g/mol. The van der Waals surface area contributed by atoms with E-state index in [2.05, 4.69) is 29.8 Å². The fourth-order valence-electron chi connectivity index (χ4n) is 1.94. The fraction of sp³-hybridized carbons (Fsp3) is 0.615. The largest absolute Gasteiger partial charge is 0.293 e. The summed E-state index contributed by atoms with van der Waals surface area (Å²) < 4.78 is 0.970. The van der Waals surface area contributed by atoms with Crippen LogP contribution < -0.4 is 0 Å². The maximum Gasteiger partial charge on any atom is 0.177 e. The normalized spacial score (nSPS) is 11.1. The monoisotopic (exact) mass is 302 g/mol. The summed E-state index contributed by atoms with van der Waals surface area (Å²) in [5.74, 6) is 0.540. The Morgan fingerprint density at radius 1 is 1.38 bits per heavy atom. The molecule has 0 aromatic carbocycles. The number of carbonyl (C=O) groups excluding carboxylic acids is 1. The number of carbonyl (C=O) groups is 1. The Morgan fingerprint density at radius 3 is 2.31 bits per heavy atom. The van der Waals surface area contributed by atoms with Gasteiger partial charge in [0, 0.05) is 15.3 Å². The average molecular weight is 303 g/mol. The van der Waals surface area contributed by atoms with Crippen molar-refractivity contribution in [3.05, 3.63) is 20.3 Å². The molecule has 1 heterocycles. The van der Waals surface area contributed by atoms with Crippen LogP contribution in [0.5, 0.6) is 0 Å². The van der Waals surface area contributed by atoms with Gasteiger partial charge in [-0.3, -0.25) is 4.79 Å². The number of aryl methyl sites for hydroxylation is 1. The summed E-state index contributed by atoms with van der Waals surface area (Å²) in [6, 6.07) is 2.03. The highest BCUT2D eigenvalue weighted by molar-refractivity contribution is 9.10. The van der Waals surface area contributed by atoms with Crippen LogP contribution in [-0.4, -0.2) is 5.78 Å². The predicted molar refractivity (Wildman–Crippen MR) is 74.4 cm³/mol. The second-order valence-electron chi connectivity index (χ2n) is 4.17. The standard InChI is InChI=1S/C13H19BrOS/c1-4-6-10(7-5-2)12(15)13-11(14)8-9(3)16-13/h8,10H,4-7H2,1-3H3. The Morgan fingerprint density at radius 2 is 1.94 bits per heavy atom. The maximum atomic E-state index is 12.3. The molecule has 1 rings (SSSR count). The summed E-state index contributed by atoms with van der Waals surface area (Å²) in [5.41, 5.74) is 0. The number of halogens is 1. The molecule has 0 saturated carbocycles. The number of hydrogen-bond donors (Lipinski definition) is 0. The minimum Gasteiger partial charge on any atom is -0.293 e. The quantitative estimate of drug-likeness (QED) is 0.659. The summed E-state index contributed by atoms with van der Waals surface area (Å²) in [4.78, 5) is 14.4. The van der Waals surface area contributed by atoms with Crippen LogP contribution in [0.1, 0.15) is 54.1 Å². The van der Waals surface area contributed by atoms with E-state index in [1.807, 2.05) is 13.0 Å². The van der Waals surface area contributed by atoms with Crippen molar-refractivity contribution in [2.24, 2.45) is 5.92 Å². The first-order valence-corrected chi connectivity index (χ1v) is 7.51. The van der Waals surface area contributed by atoms with E-state index in [1.165, 1.54) is 4.88 Å². The lowest BCUT2D eigenvalue weighted by atomic mass is 9.93. The van der Waals surface area contributed by atoms with E-state index in [9.17, 15) is 4.79 Å². The molecule has 0 saturated heterocycles. The Kier molecular flexibility index (Phi) is 5.70. The number of rotatable bonds is 6. The van der Waals surface area contributed by atoms with Crippen molar-refractivity contribution in [1.82, 2.24) is 0 Å². The zero-order valence-electron chi connectivity index (χ0n) is 10.2. The van der Waals surface area contributed by atoms with Crippen LogP contribution in [-0.2, 0) is 0 Å². The van der Waals surface area contributed by atoms with E-state index in [0.717, 1.165) is 35.0 Å². The molecule has 0 atom stereocenters. The van der Waals surface area contributed by atoms with Crippen molar-refractivity contribution in [3.8, 4) is 0 Å². The van der Waals surface area contributed by atoms with E-state index in [0.29, 0.717) is 5.78 Å². The lowest BCUT2D eigenvalue weighted by Gasteiger charge is -2.12. The fourth-order valence-corrected chi connectivity index (χ4v) is 3.80. The van der Waals surface area contributed by atoms with Gasteiger partial charge < -0.3 is 0 Å². The van der Waals surface area contributed by atoms with Crippen LogP contribution in [0.3, 0.4) is 0 Å². The third-order valence-corrected chi connectivity index (χ3v) is 4.63. The van der Waals surface area contributed by atoms with Crippen LogP contribution >= 0.6 is 27.3 Å². The van der Waals surface area contributed by atoms with Gasteiger partial charge in [0.25, 0.3) is 0 Å². The highest BCUT2D eigenvalue weighted by Crippen LogP contribution is 2.31. The molecule has 1 aromatic rings. The van der Waals surface area contributed by atoms with Gasteiger partial charge >= 0.3 is 0 Å². The zero-order valence-corrected chi connectivity index (χ0v) is 12.6. The molecule has 0 unspecified atom stereocenters. The smallest absolute Gasteiger partial charge is 0.177 e. The van der Waals surface area contributed by atoms with Gasteiger partial charge in [0.2, 0.25) is 0 Å². The minimum atomic E-state index is 0.212. The maximum absolute atomic E-state index is 12.3. The molecule has 90 valence electrons. The molecule has 16 heavy (non-hydrogen) atoms. The van der Waals surface area contributed by atoms with Crippen LogP contribution in [0.2, 0.25) is 0 Å². The number of ketones is 1. The highest BCUT2D eigenvalue weighted by atomic mass is 79.9. The second kappa shape index (κ2) is 6.55. The highest BCUT2D eigenvalue weighted by Gasteiger charge is 2.22. The average Bonchev–Trinajstić information content (AvgIpc) is 2.56. The van der Waals surface area contributed by atoms with Gasteiger partial charge in [-0.05, 0) is 41.8 Å². The summed E-state index contributed by atoms with van der Waals surface area (Å²) in [6.07, 6.45) is 4.18.